The van der Waals surface area contributed by atoms with Gasteiger partial charge in [0.1, 0.15) is 0 Å². The third-order valence-electron chi connectivity index (χ3n) is 16.8. The monoisotopic (exact) mass is 1070 g/mol. The standard InChI is InChI=1S/C75H61F3N4/c1-40-23-44(5)70(45(6)24-40)54-14-19-64-59(34-54)60-35-55(71-46(7)25-41(2)26-47(71)8)15-20-65(60)81(64)68-32-53(39-80)33-69(74(68)58-18-13-52(38-79)31-63(58)75(76,77)78)82-66-21-16-56(72-48(9)27-42(3)28-49(72)10)36-61(66)62-37-57(17-22-67(62)82)73-50(11)29-43(4)30-51(73)12/h13-37H,1-12H3. The minimum Gasteiger partial charge on any atom is -0.308 e. The molecule has 0 aliphatic carbocycles. The smallest absolute Gasteiger partial charge is 0.308 e. The highest BCUT2D eigenvalue weighted by Gasteiger charge is 2.37. The molecule has 0 saturated heterocycles. The van der Waals surface area contributed by atoms with Crippen LogP contribution in [0.15, 0.2) is 152 Å². The summed E-state index contributed by atoms with van der Waals surface area (Å²) in [6, 6.07) is 54.9. The fourth-order valence-corrected chi connectivity index (χ4v) is 14.1. The first kappa shape index (κ1) is 53.2. The van der Waals surface area contributed by atoms with E-state index in [0.29, 0.717) is 11.4 Å². The van der Waals surface area contributed by atoms with Crippen LogP contribution in [0.4, 0.5) is 13.2 Å². The van der Waals surface area contributed by atoms with Crippen LogP contribution >= 0.6 is 0 Å². The van der Waals surface area contributed by atoms with Gasteiger partial charge >= 0.3 is 6.18 Å². The van der Waals surface area contributed by atoms with Crippen molar-refractivity contribution in [2.75, 3.05) is 0 Å². The van der Waals surface area contributed by atoms with Gasteiger partial charge < -0.3 is 9.13 Å². The summed E-state index contributed by atoms with van der Waals surface area (Å²) in [4.78, 5) is 0. The summed E-state index contributed by atoms with van der Waals surface area (Å²) in [5.41, 5.74) is 25.4. The van der Waals surface area contributed by atoms with Gasteiger partial charge in [0.05, 0.1) is 62.3 Å². The Morgan fingerprint density at radius 3 is 0.854 bits per heavy atom. The van der Waals surface area contributed by atoms with E-state index in [9.17, 15) is 10.5 Å². The van der Waals surface area contributed by atoms with Crippen molar-refractivity contribution in [3.63, 3.8) is 0 Å². The van der Waals surface area contributed by atoms with Crippen LogP contribution in [0.3, 0.4) is 0 Å². The number of fused-ring (bicyclic) bond motifs is 6. The van der Waals surface area contributed by atoms with Gasteiger partial charge in [0.2, 0.25) is 0 Å². The van der Waals surface area contributed by atoms with Gasteiger partial charge in [-0.15, -0.1) is 0 Å². The van der Waals surface area contributed by atoms with Gasteiger partial charge in [0.25, 0.3) is 0 Å². The minimum absolute atomic E-state index is 0.117. The molecule has 0 saturated carbocycles. The number of benzene rings is 10. The summed E-state index contributed by atoms with van der Waals surface area (Å²) >= 11 is 0. The summed E-state index contributed by atoms with van der Waals surface area (Å²) in [5, 5.41) is 25.1. The zero-order valence-corrected chi connectivity index (χ0v) is 48.4. The van der Waals surface area contributed by atoms with E-state index in [4.69, 9.17) is 0 Å². The van der Waals surface area contributed by atoms with Gasteiger partial charge in [-0.2, -0.15) is 23.7 Å². The third-order valence-corrected chi connectivity index (χ3v) is 16.8. The first-order valence-corrected chi connectivity index (χ1v) is 27.8. The fraction of sp³-hybridized carbons (Fsp3) is 0.173. The zero-order chi connectivity index (χ0) is 58.0. The Hall–Kier alpha value is -9.43. The predicted molar refractivity (Wildman–Crippen MR) is 334 cm³/mol. The molecule has 10 aromatic carbocycles. The molecule has 0 spiro atoms. The third kappa shape index (κ3) is 8.75. The molecule has 4 nitrogen and oxygen atoms in total. The number of aryl methyl sites for hydroxylation is 12. The Bertz CT molecular complexity index is 4250. The molecule has 0 atom stereocenters. The maximum absolute atomic E-state index is 16.2. The Kier molecular flexibility index (Phi) is 12.8. The molecule has 12 aromatic rings. The Morgan fingerprint density at radius 1 is 0.317 bits per heavy atom. The van der Waals surface area contributed by atoms with E-state index in [2.05, 4.69) is 220 Å². The number of nitrogens with zero attached hydrogens (tertiary/aromatic N) is 4. The van der Waals surface area contributed by atoms with Crippen molar-refractivity contribution < 1.29 is 13.2 Å². The van der Waals surface area contributed by atoms with Crippen molar-refractivity contribution in [1.82, 2.24) is 9.13 Å². The number of rotatable bonds is 7. The van der Waals surface area contributed by atoms with Gasteiger partial charge in [-0.3, -0.25) is 0 Å². The summed E-state index contributed by atoms with van der Waals surface area (Å²) in [7, 11) is 0. The molecule has 2 aromatic heterocycles. The normalized spacial score (nSPS) is 11.8. The van der Waals surface area contributed by atoms with E-state index in [1.165, 1.54) is 34.4 Å². The van der Waals surface area contributed by atoms with Gasteiger partial charge in [-0.25, -0.2) is 0 Å². The van der Waals surface area contributed by atoms with Crippen LogP contribution in [0.2, 0.25) is 0 Å². The Balaban J connectivity index is 1.25. The molecular weight excluding hydrogens is 1010 g/mol. The van der Waals surface area contributed by atoms with E-state index < -0.39 is 11.7 Å². The first-order chi connectivity index (χ1) is 39.1. The molecule has 0 N–H and O–H groups in total. The molecular formula is C75H61F3N4. The maximum atomic E-state index is 16.2. The van der Waals surface area contributed by atoms with Crippen LogP contribution in [0.5, 0.6) is 0 Å². The zero-order valence-electron chi connectivity index (χ0n) is 48.4. The predicted octanol–water partition coefficient (Wildman–Crippen LogP) is 20.7. The average molecular weight is 1080 g/mol. The topological polar surface area (TPSA) is 57.4 Å². The lowest BCUT2D eigenvalue weighted by Gasteiger charge is -2.23. The molecule has 82 heavy (non-hydrogen) atoms. The van der Waals surface area contributed by atoms with Crippen LogP contribution in [-0.2, 0) is 6.18 Å². The largest absolute Gasteiger partial charge is 0.417 e. The number of alkyl halides is 3. The molecule has 402 valence electrons. The quantitative estimate of drug-likeness (QED) is 0.160. The molecule has 0 bridgehead atoms. The van der Waals surface area contributed by atoms with Gasteiger partial charge in [0, 0.05) is 27.1 Å². The van der Waals surface area contributed by atoms with E-state index >= 15 is 13.2 Å². The lowest BCUT2D eigenvalue weighted by molar-refractivity contribution is -0.137. The number of nitriles is 2. The molecule has 0 amide bonds. The highest BCUT2D eigenvalue weighted by atomic mass is 19.4. The molecule has 0 aliphatic rings. The van der Waals surface area contributed by atoms with Crippen molar-refractivity contribution in [1.29, 1.82) is 10.5 Å². The highest BCUT2D eigenvalue weighted by Crippen LogP contribution is 2.49. The van der Waals surface area contributed by atoms with Gasteiger partial charge in [0.15, 0.2) is 0 Å². The molecule has 0 aliphatic heterocycles. The molecule has 7 heteroatoms. The van der Waals surface area contributed by atoms with Crippen molar-refractivity contribution in [3.05, 3.63) is 235 Å². The maximum Gasteiger partial charge on any atom is 0.417 e. The highest BCUT2D eigenvalue weighted by molar-refractivity contribution is 6.15. The van der Waals surface area contributed by atoms with E-state index in [0.717, 1.165) is 139 Å². The average Bonchev–Trinajstić information content (AvgIpc) is 3.92. The molecule has 0 fully saturated rings. The van der Waals surface area contributed by atoms with Crippen molar-refractivity contribution in [2.24, 2.45) is 0 Å². The second kappa shape index (κ2) is 19.7. The molecule has 12 rings (SSSR count). The summed E-state index contributed by atoms with van der Waals surface area (Å²) < 4.78 is 52.6. The van der Waals surface area contributed by atoms with E-state index in [1.54, 1.807) is 12.1 Å². The molecule has 2 heterocycles. The summed E-state index contributed by atoms with van der Waals surface area (Å²) in [5.74, 6) is 0. The number of hydrogen-bond donors (Lipinski definition) is 0. The Morgan fingerprint density at radius 2 is 0.598 bits per heavy atom. The lowest BCUT2D eigenvalue weighted by Crippen LogP contribution is -2.11. The van der Waals surface area contributed by atoms with Crippen LogP contribution in [0, 0.1) is 106 Å². The number of halogens is 3. The SMILES string of the molecule is Cc1cc(C)c(-c2ccc3c(c2)c2cc(-c4c(C)cc(C)cc4C)ccc2n3-c2cc(C#N)cc(-n3c4ccc(-c5c(C)cc(C)cc5C)cc4c4cc(-c5c(C)cc(C)cc5C)ccc43)c2-c2ccc(C#N)cc2C(F)(F)F)c(C)c1. The fourth-order valence-electron chi connectivity index (χ4n) is 14.1. The van der Waals surface area contributed by atoms with Gasteiger partial charge in [-0.1, -0.05) is 101 Å². The van der Waals surface area contributed by atoms with Crippen LogP contribution in [-0.4, -0.2) is 9.13 Å². The summed E-state index contributed by atoms with van der Waals surface area (Å²) in [6.07, 6.45) is -4.89. The first-order valence-electron chi connectivity index (χ1n) is 27.8. The molecule has 0 unspecified atom stereocenters. The molecule has 0 radical (unpaired) electrons. The van der Waals surface area contributed by atoms with Crippen molar-refractivity contribution in [3.8, 4) is 79.1 Å². The Labute approximate surface area is 477 Å². The summed E-state index contributed by atoms with van der Waals surface area (Å²) in [6.45, 7) is 25.5. The second-order valence-electron chi connectivity index (χ2n) is 23.1. The van der Waals surface area contributed by atoms with Gasteiger partial charge in [-0.05, 0) is 250 Å². The lowest BCUT2D eigenvalue weighted by atomic mass is 9.91. The minimum atomic E-state index is -4.89. The van der Waals surface area contributed by atoms with E-state index in [-0.39, 0.29) is 22.3 Å². The van der Waals surface area contributed by atoms with Crippen molar-refractivity contribution in [2.45, 2.75) is 89.3 Å². The second-order valence-corrected chi connectivity index (χ2v) is 23.1. The van der Waals surface area contributed by atoms with Crippen molar-refractivity contribution >= 4 is 43.6 Å². The number of hydrogen-bond acceptors (Lipinski definition) is 2. The van der Waals surface area contributed by atoms with Crippen LogP contribution < -0.4 is 0 Å². The van der Waals surface area contributed by atoms with Crippen LogP contribution in [0.25, 0.3) is 111 Å². The van der Waals surface area contributed by atoms with E-state index in [1.807, 2.05) is 6.07 Å². The van der Waals surface area contributed by atoms with Crippen LogP contribution in [0.1, 0.15) is 83.5 Å². The number of aromatic nitrogens is 2.